The summed E-state index contributed by atoms with van der Waals surface area (Å²) >= 11 is 1.49. The van der Waals surface area contributed by atoms with Gasteiger partial charge in [-0.15, -0.1) is 11.3 Å². The lowest BCUT2D eigenvalue weighted by Gasteiger charge is -2.02. The van der Waals surface area contributed by atoms with E-state index in [1.807, 2.05) is 26.4 Å². The van der Waals surface area contributed by atoms with Crippen LogP contribution in [0.1, 0.15) is 18.0 Å². The van der Waals surface area contributed by atoms with Gasteiger partial charge < -0.3 is 15.2 Å². The van der Waals surface area contributed by atoms with Gasteiger partial charge >= 0.3 is 0 Å². The Labute approximate surface area is 97.1 Å². The van der Waals surface area contributed by atoms with Gasteiger partial charge in [0.1, 0.15) is 10.7 Å². The second kappa shape index (κ2) is 4.18. The summed E-state index contributed by atoms with van der Waals surface area (Å²) in [5, 5.41) is 6.55. The number of nitrogens with zero attached hydrogens (tertiary/aromatic N) is 4. The van der Waals surface area contributed by atoms with Crippen LogP contribution in [-0.4, -0.2) is 29.2 Å². The zero-order valence-corrected chi connectivity index (χ0v) is 10.2. The van der Waals surface area contributed by atoms with E-state index in [1.165, 1.54) is 11.3 Å². The maximum Gasteiger partial charge on any atom is 0.278 e. The quantitative estimate of drug-likeness (QED) is 0.869. The average molecular weight is 239 g/mol. The van der Waals surface area contributed by atoms with Crippen molar-refractivity contribution in [1.29, 1.82) is 0 Å². The predicted molar refractivity (Wildman–Crippen MR) is 62.3 cm³/mol. The van der Waals surface area contributed by atoms with E-state index in [2.05, 4.69) is 15.1 Å². The minimum Gasteiger partial charge on any atom is -0.344 e. The van der Waals surface area contributed by atoms with E-state index in [1.54, 1.807) is 4.90 Å². The van der Waals surface area contributed by atoms with Crippen molar-refractivity contribution in [1.82, 2.24) is 15.1 Å². The molecule has 0 spiro atoms. The highest BCUT2D eigenvalue weighted by Crippen LogP contribution is 2.24. The molecule has 1 atom stereocenters. The molecule has 0 amide bonds. The molecule has 6 nitrogen and oxygen atoms in total. The first-order valence-corrected chi connectivity index (χ1v) is 5.68. The molecule has 2 aromatic heterocycles. The van der Waals surface area contributed by atoms with Gasteiger partial charge in [0.15, 0.2) is 0 Å². The molecular formula is C9H13N5OS. The Morgan fingerprint density at radius 1 is 1.44 bits per heavy atom. The van der Waals surface area contributed by atoms with Crippen molar-refractivity contribution < 1.29 is 4.52 Å². The van der Waals surface area contributed by atoms with Crippen molar-refractivity contribution >= 4 is 17.3 Å². The Kier molecular flexibility index (Phi) is 2.88. The minimum absolute atomic E-state index is 0.0741. The van der Waals surface area contributed by atoms with Crippen molar-refractivity contribution in [2.24, 2.45) is 5.73 Å². The molecule has 16 heavy (non-hydrogen) atoms. The Balaban J connectivity index is 2.28. The van der Waals surface area contributed by atoms with Crippen LogP contribution in [0.15, 0.2) is 9.90 Å². The van der Waals surface area contributed by atoms with Crippen LogP contribution in [0, 0.1) is 0 Å². The molecule has 0 aliphatic carbocycles. The molecule has 0 aromatic carbocycles. The number of hydrogen-bond donors (Lipinski definition) is 1. The molecule has 2 rings (SSSR count). The van der Waals surface area contributed by atoms with E-state index in [0.717, 1.165) is 5.01 Å². The summed E-state index contributed by atoms with van der Waals surface area (Å²) in [7, 11) is 3.70. The van der Waals surface area contributed by atoms with Crippen LogP contribution in [0.2, 0.25) is 0 Å². The molecule has 7 heteroatoms. The zero-order chi connectivity index (χ0) is 11.7. The molecule has 0 radical (unpaired) electrons. The Bertz CT molecular complexity index is 431. The Morgan fingerprint density at radius 3 is 2.69 bits per heavy atom. The van der Waals surface area contributed by atoms with Crippen molar-refractivity contribution in [2.45, 2.75) is 13.0 Å². The Hall–Kier alpha value is -1.47. The average Bonchev–Trinajstić information content (AvgIpc) is 2.86. The highest BCUT2D eigenvalue weighted by molar-refractivity contribution is 7.10. The number of anilines is 1. The molecule has 0 fully saturated rings. The van der Waals surface area contributed by atoms with Crippen LogP contribution >= 0.6 is 11.3 Å². The van der Waals surface area contributed by atoms with Gasteiger partial charge in [-0.1, -0.05) is 0 Å². The van der Waals surface area contributed by atoms with Crippen LogP contribution < -0.4 is 10.6 Å². The monoisotopic (exact) mass is 239 g/mol. The normalized spacial score (nSPS) is 12.8. The number of nitrogens with two attached hydrogens (primary N) is 1. The smallest absolute Gasteiger partial charge is 0.278 e. The summed E-state index contributed by atoms with van der Waals surface area (Å²) < 4.78 is 5.11. The molecule has 0 aliphatic heterocycles. The molecule has 0 saturated carbocycles. The van der Waals surface area contributed by atoms with Gasteiger partial charge in [0.2, 0.25) is 0 Å². The third-order valence-electron chi connectivity index (χ3n) is 1.95. The van der Waals surface area contributed by atoms with Crippen LogP contribution in [0.4, 0.5) is 5.95 Å². The van der Waals surface area contributed by atoms with Gasteiger partial charge in [0, 0.05) is 19.5 Å². The summed E-state index contributed by atoms with van der Waals surface area (Å²) in [5.41, 5.74) is 6.41. The summed E-state index contributed by atoms with van der Waals surface area (Å²) in [4.78, 5) is 10.3. The zero-order valence-electron chi connectivity index (χ0n) is 9.34. The van der Waals surface area contributed by atoms with Gasteiger partial charge in [-0.2, -0.15) is 4.98 Å². The lowest BCUT2D eigenvalue weighted by atomic mass is 10.4. The largest absolute Gasteiger partial charge is 0.344 e. The fraction of sp³-hybridized carbons (Fsp3) is 0.444. The Morgan fingerprint density at radius 2 is 2.19 bits per heavy atom. The van der Waals surface area contributed by atoms with Gasteiger partial charge in [-0.25, -0.2) is 4.98 Å². The third kappa shape index (κ3) is 2.05. The first-order chi connectivity index (χ1) is 7.58. The topological polar surface area (TPSA) is 81.1 Å². The number of rotatable bonds is 3. The summed E-state index contributed by atoms with van der Waals surface area (Å²) in [5.74, 6) is 0.956. The SMILES string of the molecule is CC(N)c1nc(-c2nc(N(C)C)no2)cs1. The fourth-order valence-electron chi connectivity index (χ4n) is 1.10. The molecule has 2 heterocycles. The molecule has 0 bridgehead atoms. The lowest BCUT2D eigenvalue weighted by molar-refractivity contribution is 0.429. The first-order valence-electron chi connectivity index (χ1n) is 4.80. The fourth-order valence-corrected chi connectivity index (χ4v) is 1.85. The third-order valence-corrected chi connectivity index (χ3v) is 2.99. The lowest BCUT2D eigenvalue weighted by Crippen LogP contribution is -2.10. The molecule has 0 aliphatic rings. The second-order valence-corrected chi connectivity index (χ2v) is 4.54. The summed E-state index contributed by atoms with van der Waals surface area (Å²) in [6, 6.07) is -0.0741. The van der Waals surface area contributed by atoms with Crippen molar-refractivity contribution in [3.8, 4) is 11.6 Å². The standard InChI is InChI=1S/C9H13N5OS/c1-5(10)8-11-6(4-16-8)7-12-9(13-15-7)14(2)3/h4-5H,10H2,1-3H3. The van der Waals surface area contributed by atoms with Crippen molar-refractivity contribution in [2.75, 3.05) is 19.0 Å². The molecule has 0 saturated heterocycles. The van der Waals surface area contributed by atoms with Gasteiger partial charge in [0.25, 0.3) is 11.8 Å². The van der Waals surface area contributed by atoms with E-state index >= 15 is 0 Å². The van der Waals surface area contributed by atoms with Crippen LogP contribution in [-0.2, 0) is 0 Å². The summed E-state index contributed by atoms with van der Waals surface area (Å²) in [6.07, 6.45) is 0. The van der Waals surface area contributed by atoms with Gasteiger partial charge in [-0.05, 0) is 12.1 Å². The maximum absolute atomic E-state index is 5.73. The predicted octanol–water partition coefficient (Wildman–Crippen LogP) is 1.28. The highest BCUT2D eigenvalue weighted by atomic mass is 32.1. The molecule has 1 unspecified atom stereocenters. The number of hydrogen-bond acceptors (Lipinski definition) is 7. The maximum atomic E-state index is 5.73. The number of thiazole rings is 1. The van der Waals surface area contributed by atoms with Crippen molar-refractivity contribution in [3.05, 3.63) is 10.4 Å². The molecular weight excluding hydrogens is 226 g/mol. The highest BCUT2D eigenvalue weighted by Gasteiger charge is 2.14. The molecule has 86 valence electrons. The van der Waals surface area contributed by atoms with E-state index < -0.39 is 0 Å². The van der Waals surface area contributed by atoms with Gasteiger partial charge in [0.05, 0.1) is 6.04 Å². The van der Waals surface area contributed by atoms with Crippen molar-refractivity contribution in [3.63, 3.8) is 0 Å². The van der Waals surface area contributed by atoms with E-state index in [9.17, 15) is 0 Å². The van der Waals surface area contributed by atoms with E-state index in [0.29, 0.717) is 17.5 Å². The minimum atomic E-state index is -0.0741. The first kappa shape index (κ1) is 11.0. The number of aromatic nitrogens is 3. The van der Waals surface area contributed by atoms with Crippen LogP contribution in [0.25, 0.3) is 11.6 Å². The van der Waals surface area contributed by atoms with Crippen LogP contribution in [0.3, 0.4) is 0 Å². The van der Waals surface area contributed by atoms with E-state index in [-0.39, 0.29) is 6.04 Å². The summed E-state index contributed by atoms with van der Waals surface area (Å²) in [6.45, 7) is 1.89. The molecule has 2 aromatic rings. The van der Waals surface area contributed by atoms with Crippen LogP contribution in [0.5, 0.6) is 0 Å². The molecule has 2 N–H and O–H groups in total. The second-order valence-electron chi connectivity index (χ2n) is 3.65. The van der Waals surface area contributed by atoms with E-state index in [4.69, 9.17) is 10.3 Å². The van der Waals surface area contributed by atoms with Gasteiger partial charge in [-0.3, -0.25) is 0 Å².